The zero-order chi connectivity index (χ0) is 34.5. The van der Waals surface area contributed by atoms with Gasteiger partial charge in [0.25, 0.3) is 0 Å². The molecule has 5 heteroatoms. The molecule has 0 unspecified atom stereocenters. The van der Waals surface area contributed by atoms with E-state index in [9.17, 15) is 0 Å². The van der Waals surface area contributed by atoms with Gasteiger partial charge in [-0.25, -0.2) is 4.98 Å². The Kier molecular flexibility index (Phi) is 5.88. The molecule has 0 bridgehead atoms. The number of benzene rings is 6. The molecule has 48 heavy (non-hydrogen) atoms. The predicted octanol–water partition coefficient (Wildman–Crippen LogP) is 11.0. The Bertz CT molecular complexity index is 2700. The van der Waals surface area contributed by atoms with Crippen LogP contribution in [0.5, 0.6) is 0 Å². The van der Waals surface area contributed by atoms with E-state index in [1.165, 1.54) is 0 Å². The van der Waals surface area contributed by atoms with E-state index in [0.29, 0.717) is 5.82 Å². The van der Waals surface area contributed by atoms with Crippen LogP contribution in [0.1, 0.15) is 9.68 Å². The van der Waals surface area contributed by atoms with Crippen LogP contribution in [0.3, 0.4) is 0 Å². The van der Waals surface area contributed by atoms with E-state index in [1.54, 1.807) is 18.3 Å². The number of rotatable bonds is 6. The summed E-state index contributed by atoms with van der Waals surface area (Å²) in [4.78, 5) is 6.93. The molecule has 9 aromatic rings. The fourth-order valence-corrected chi connectivity index (χ4v) is 6.80. The number of para-hydroxylation sites is 5. The maximum Gasteiger partial charge on any atom is 0.168 e. The van der Waals surface area contributed by atoms with Crippen molar-refractivity contribution < 1.29 is 4.11 Å². The lowest BCUT2D eigenvalue weighted by Gasteiger charge is -2.25. The highest BCUT2D eigenvalue weighted by molar-refractivity contribution is 6.10. The molecule has 0 amide bonds. The van der Waals surface area contributed by atoms with Gasteiger partial charge < -0.3 is 4.90 Å². The van der Waals surface area contributed by atoms with Gasteiger partial charge in [-0.15, -0.1) is 0 Å². The molecule has 5 nitrogen and oxygen atoms in total. The maximum atomic E-state index is 8.06. The van der Waals surface area contributed by atoms with Crippen molar-refractivity contribution in [3.63, 3.8) is 0 Å². The van der Waals surface area contributed by atoms with E-state index in [-0.39, 0.29) is 5.56 Å². The minimum atomic E-state index is -2.25. The Balaban J connectivity index is 1.24. The molecule has 0 saturated heterocycles. The van der Waals surface area contributed by atoms with Gasteiger partial charge in [-0.1, -0.05) is 78.9 Å². The van der Waals surface area contributed by atoms with E-state index in [2.05, 4.69) is 145 Å². The van der Waals surface area contributed by atoms with Crippen LogP contribution in [0.15, 0.2) is 176 Å². The third-order valence-corrected chi connectivity index (χ3v) is 8.94. The van der Waals surface area contributed by atoms with Gasteiger partial charge in [-0.05, 0) is 79.1 Å². The Morgan fingerprint density at radius 1 is 0.521 bits per heavy atom. The van der Waals surface area contributed by atoms with E-state index in [0.717, 1.165) is 61.3 Å². The van der Waals surface area contributed by atoms with Crippen molar-refractivity contribution in [3.05, 3.63) is 182 Å². The molecule has 0 spiro atoms. The molecular weight excluding hydrogens is 587 g/mol. The van der Waals surface area contributed by atoms with Crippen LogP contribution in [-0.2, 0) is 0 Å². The number of aromatic nitrogens is 4. The zero-order valence-corrected chi connectivity index (χ0v) is 26.0. The van der Waals surface area contributed by atoms with Crippen molar-refractivity contribution >= 4 is 49.9 Å². The van der Waals surface area contributed by atoms with Crippen molar-refractivity contribution in [3.8, 4) is 17.2 Å². The summed E-state index contributed by atoms with van der Waals surface area (Å²) in [5.41, 5.74) is 9.44. The molecule has 3 aromatic heterocycles. The van der Waals surface area contributed by atoms with Crippen LogP contribution >= 0.6 is 0 Å². The molecule has 0 aliphatic carbocycles. The molecule has 0 saturated carbocycles. The first-order valence-electron chi connectivity index (χ1n) is 17.5. The topological polar surface area (TPSA) is 30.9 Å². The predicted molar refractivity (Wildman–Crippen MR) is 199 cm³/mol. The SMILES string of the molecule is [2H]C([2H])([2H])c1ccnc(-n2c3ccccc3c3ccc(N(c4ccccc4)c4cccc(-n5[cH+]n(-c6ccccc6)c6ccccc65)c4)cc32)c1. The van der Waals surface area contributed by atoms with E-state index < -0.39 is 6.85 Å². The molecule has 6 aromatic carbocycles. The summed E-state index contributed by atoms with van der Waals surface area (Å²) < 4.78 is 30.7. The number of imidazole rings is 1. The number of pyridine rings is 1. The second-order valence-electron chi connectivity index (χ2n) is 11.8. The van der Waals surface area contributed by atoms with Crippen LogP contribution in [0.2, 0.25) is 0 Å². The Morgan fingerprint density at radius 3 is 1.94 bits per heavy atom. The molecule has 228 valence electrons. The molecular formula is C43H32N5+. The van der Waals surface area contributed by atoms with Gasteiger partial charge in [-0.2, -0.15) is 9.13 Å². The van der Waals surface area contributed by atoms with Crippen molar-refractivity contribution in [1.82, 2.24) is 18.7 Å². The first-order chi connectivity index (χ1) is 24.9. The molecule has 0 atom stereocenters. The van der Waals surface area contributed by atoms with E-state index in [4.69, 9.17) is 4.11 Å². The second kappa shape index (κ2) is 11.4. The molecule has 0 radical (unpaired) electrons. The lowest BCUT2D eigenvalue weighted by Crippen LogP contribution is -2.10. The Morgan fingerprint density at radius 2 is 1.15 bits per heavy atom. The summed E-state index contributed by atoms with van der Waals surface area (Å²) in [6.07, 6.45) is 3.73. The van der Waals surface area contributed by atoms with Gasteiger partial charge in [0, 0.05) is 50.7 Å². The smallest absolute Gasteiger partial charge is 0.168 e. The third-order valence-electron chi connectivity index (χ3n) is 8.94. The molecule has 9 rings (SSSR count). The average molecular weight is 622 g/mol. The Hall–Kier alpha value is -6.46. The number of fused-ring (bicyclic) bond motifs is 4. The van der Waals surface area contributed by atoms with Gasteiger partial charge in [-0.3, -0.25) is 4.57 Å². The first kappa shape index (κ1) is 24.7. The monoisotopic (exact) mass is 621 g/mol. The third kappa shape index (κ3) is 4.64. The highest BCUT2D eigenvalue weighted by atomic mass is 15.2. The van der Waals surface area contributed by atoms with Gasteiger partial charge in [0.1, 0.15) is 17.2 Å². The van der Waals surface area contributed by atoms with Crippen molar-refractivity contribution in [1.29, 1.82) is 0 Å². The van der Waals surface area contributed by atoms with Crippen molar-refractivity contribution in [2.45, 2.75) is 6.85 Å². The van der Waals surface area contributed by atoms with Crippen molar-refractivity contribution in [2.75, 3.05) is 4.90 Å². The lowest BCUT2D eigenvalue weighted by molar-refractivity contribution is 1.01. The fourth-order valence-electron chi connectivity index (χ4n) is 6.80. The Labute approximate surface area is 283 Å². The summed E-state index contributed by atoms with van der Waals surface area (Å²) in [5, 5.41) is 2.13. The van der Waals surface area contributed by atoms with Crippen LogP contribution in [-0.4, -0.2) is 18.7 Å². The molecule has 3 heterocycles. The van der Waals surface area contributed by atoms with E-state index >= 15 is 0 Å². The largest absolute Gasteiger partial charge is 0.310 e. The minimum absolute atomic E-state index is 0.253. The average Bonchev–Trinajstić information content (AvgIpc) is 3.72. The summed E-state index contributed by atoms with van der Waals surface area (Å²) in [6.45, 7) is -2.25. The van der Waals surface area contributed by atoms with Crippen LogP contribution in [0.25, 0.3) is 50.0 Å². The van der Waals surface area contributed by atoms with Gasteiger partial charge >= 0.3 is 0 Å². The van der Waals surface area contributed by atoms with Crippen molar-refractivity contribution in [2.24, 2.45) is 0 Å². The summed E-state index contributed by atoms with van der Waals surface area (Å²) in [6, 6.07) is 55.7. The molecule has 0 N–H and O–H groups in total. The first-order valence-corrected chi connectivity index (χ1v) is 16.0. The highest BCUT2D eigenvalue weighted by Crippen LogP contribution is 2.40. The van der Waals surface area contributed by atoms with Gasteiger partial charge in [0.2, 0.25) is 0 Å². The van der Waals surface area contributed by atoms with Crippen LogP contribution in [0, 0.1) is 6.85 Å². The lowest BCUT2D eigenvalue weighted by atomic mass is 10.1. The number of hydrogen-bond acceptors (Lipinski definition) is 2. The van der Waals surface area contributed by atoms with Gasteiger partial charge in [0.15, 0.2) is 17.4 Å². The number of nitrogens with zero attached hydrogens (tertiary/aromatic N) is 5. The fraction of sp³-hybridized carbons (Fsp3) is 0.0233. The molecule has 0 fully saturated rings. The summed E-state index contributed by atoms with van der Waals surface area (Å²) in [5.74, 6) is 0.562. The quantitative estimate of drug-likeness (QED) is 0.173. The molecule has 0 aliphatic heterocycles. The summed E-state index contributed by atoms with van der Waals surface area (Å²) in [7, 11) is 0. The van der Waals surface area contributed by atoms with Crippen LogP contribution < -0.4 is 4.90 Å². The number of anilines is 3. The standard InChI is InChI=1S/C43H32N5/c1-31-25-26-44-43(27-31)48-39-20-9-8-19-37(39)38-24-23-36(29-42(38)48)47(33-15-6-3-7-16-33)35-18-12-17-34(28-35)46-30-45(32-13-4-2-5-14-32)40-21-10-11-22-41(40)46/h2-30H,1H3/q+1/i1D3. The normalized spacial score (nSPS) is 12.6. The molecule has 0 aliphatic rings. The van der Waals surface area contributed by atoms with E-state index in [1.807, 2.05) is 36.4 Å². The number of aryl methyl sites for hydroxylation is 1. The van der Waals surface area contributed by atoms with Crippen LogP contribution in [0.4, 0.5) is 17.1 Å². The minimum Gasteiger partial charge on any atom is -0.310 e. The second-order valence-corrected chi connectivity index (χ2v) is 11.8. The maximum absolute atomic E-state index is 8.06. The zero-order valence-electron chi connectivity index (χ0n) is 29.0. The summed E-state index contributed by atoms with van der Waals surface area (Å²) >= 11 is 0. The highest BCUT2D eigenvalue weighted by Gasteiger charge is 2.21. The van der Waals surface area contributed by atoms with Gasteiger partial charge in [0.05, 0.1) is 16.7 Å². The number of hydrogen-bond donors (Lipinski definition) is 0.